The summed E-state index contributed by atoms with van der Waals surface area (Å²) in [6.07, 6.45) is 6.26. The summed E-state index contributed by atoms with van der Waals surface area (Å²) in [6.45, 7) is 1.64. The molecule has 0 aromatic carbocycles. The minimum atomic E-state index is -0.310. The molecule has 0 atom stereocenters. The summed E-state index contributed by atoms with van der Waals surface area (Å²) in [5.41, 5.74) is 0. The summed E-state index contributed by atoms with van der Waals surface area (Å²) in [5, 5.41) is 8.32. The standard InChI is InChI=1S/C8H14O2/c1-2-3-4-5-6-8(10)7-9/h2-3,9H,4-7H2,1H3. The highest BCUT2D eigenvalue weighted by molar-refractivity contribution is 5.79. The Hall–Kier alpha value is -0.630. The summed E-state index contributed by atoms with van der Waals surface area (Å²) >= 11 is 0. The van der Waals surface area contributed by atoms with E-state index in [0.717, 1.165) is 12.8 Å². The molecule has 1 N–H and O–H groups in total. The summed E-state index contributed by atoms with van der Waals surface area (Å²) in [7, 11) is 0. The zero-order valence-electron chi connectivity index (χ0n) is 6.34. The number of rotatable bonds is 5. The Bertz CT molecular complexity index is 116. The lowest BCUT2D eigenvalue weighted by molar-refractivity contribution is -0.121. The van der Waals surface area contributed by atoms with Crippen molar-refractivity contribution in [3.05, 3.63) is 12.2 Å². The Morgan fingerprint density at radius 1 is 1.60 bits per heavy atom. The molecular weight excluding hydrogens is 128 g/mol. The third-order valence-corrected chi connectivity index (χ3v) is 1.24. The second-order valence-electron chi connectivity index (χ2n) is 2.16. The largest absolute Gasteiger partial charge is 0.389 e. The molecule has 0 heterocycles. The van der Waals surface area contributed by atoms with Crippen LogP contribution in [0.5, 0.6) is 0 Å². The van der Waals surface area contributed by atoms with Gasteiger partial charge in [-0.2, -0.15) is 0 Å². The fraction of sp³-hybridized carbons (Fsp3) is 0.625. The van der Waals surface area contributed by atoms with E-state index in [4.69, 9.17) is 5.11 Å². The molecule has 0 radical (unpaired) electrons. The Morgan fingerprint density at radius 3 is 2.80 bits per heavy atom. The average molecular weight is 142 g/mol. The van der Waals surface area contributed by atoms with Crippen LogP contribution in [0.3, 0.4) is 0 Å². The molecule has 0 amide bonds. The van der Waals surface area contributed by atoms with E-state index in [1.807, 2.05) is 19.1 Å². The minimum Gasteiger partial charge on any atom is -0.389 e. The van der Waals surface area contributed by atoms with Crippen molar-refractivity contribution in [2.24, 2.45) is 0 Å². The van der Waals surface area contributed by atoms with Crippen LogP contribution in [-0.2, 0) is 4.79 Å². The first-order valence-corrected chi connectivity index (χ1v) is 3.55. The fourth-order valence-corrected chi connectivity index (χ4v) is 0.663. The molecule has 10 heavy (non-hydrogen) atoms. The van der Waals surface area contributed by atoms with Crippen LogP contribution in [0.4, 0.5) is 0 Å². The Kier molecular flexibility index (Phi) is 6.08. The van der Waals surface area contributed by atoms with Gasteiger partial charge < -0.3 is 5.11 Å². The Labute approximate surface area is 61.6 Å². The highest BCUT2D eigenvalue weighted by Crippen LogP contribution is 1.96. The van der Waals surface area contributed by atoms with Gasteiger partial charge in [0.2, 0.25) is 0 Å². The third kappa shape index (κ3) is 5.51. The number of carbonyl (C=O) groups is 1. The number of aliphatic hydroxyl groups excluding tert-OH is 1. The number of Topliss-reactive ketones (excluding diaryl/α,β-unsaturated/α-hetero) is 1. The molecule has 0 unspecified atom stereocenters. The van der Waals surface area contributed by atoms with Gasteiger partial charge in [0.1, 0.15) is 6.61 Å². The lowest BCUT2D eigenvalue weighted by Crippen LogP contribution is -2.02. The predicted molar refractivity (Wildman–Crippen MR) is 40.8 cm³/mol. The van der Waals surface area contributed by atoms with Gasteiger partial charge in [-0.05, 0) is 19.8 Å². The highest BCUT2D eigenvalue weighted by Gasteiger charge is 1.95. The molecule has 0 saturated carbocycles. The molecular formula is C8H14O2. The van der Waals surface area contributed by atoms with Gasteiger partial charge in [-0.15, -0.1) is 0 Å². The maximum atomic E-state index is 10.5. The van der Waals surface area contributed by atoms with Crippen molar-refractivity contribution in [3.63, 3.8) is 0 Å². The highest BCUT2D eigenvalue weighted by atomic mass is 16.3. The molecule has 2 nitrogen and oxygen atoms in total. The van der Waals surface area contributed by atoms with E-state index < -0.39 is 0 Å². The Morgan fingerprint density at radius 2 is 2.30 bits per heavy atom. The molecule has 0 fully saturated rings. The van der Waals surface area contributed by atoms with Crippen molar-refractivity contribution in [2.45, 2.75) is 26.2 Å². The fourth-order valence-electron chi connectivity index (χ4n) is 0.663. The SMILES string of the molecule is CC=CCCCC(=O)CO. The first-order valence-electron chi connectivity index (χ1n) is 3.55. The van der Waals surface area contributed by atoms with Crippen LogP contribution in [0.1, 0.15) is 26.2 Å². The number of aliphatic hydroxyl groups is 1. The molecule has 0 bridgehead atoms. The first-order chi connectivity index (χ1) is 4.81. The summed E-state index contributed by atoms with van der Waals surface area (Å²) in [4.78, 5) is 10.5. The third-order valence-electron chi connectivity index (χ3n) is 1.24. The number of carbonyl (C=O) groups excluding carboxylic acids is 1. The number of allylic oxidation sites excluding steroid dienone is 2. The minimum absolute atomic E-state index is 0.0653. The molecule has 0 aliphatic heterocycles. The molecule has 0 rings (SSSR count). The smallest absolute Gasteiger partial charge is 0.158 e. The second-order valence-corrected chi connectivity index (χ2v) is 2.16. The van der Waals surface area contributed by atoms with Gasteiger partial charge >= 0.3 is 0 Å². The normalized spacial score (nSPS) is 10.6. The van der Waals surface area contributed by atoms with Gasteiger partial charge in [0, 0.05) is 6.42 Å². The van der Waals surface area contributed by atoms with Gasteiger partial charge in [-0.3, -0.25) is 4.79 Å². The van der Waals surface area contributed by atoms with Gasteiger partial charge in [0.15, 0.2) is 5.78 Å². The summed E-state index contributed by atoms with van der Waals surface area (Å²) in [5.74, 6) is -0.0653. The summed E-state index contributed by atoms with van der Waals surface area (Å²) < 4.78 is 0. The van der Waals surface area contributed by atoms with E-state index in [0.29, 0.717) is 6.42 Å². The first kappa shape index (κ1) is 9.37. The van der Waals surface area contributed by atoms with Crippen LogP contribution in [0, 0.1) is 0 Å². The molecule has 0 saturated heterocycles. The van der Waals surface area contributed by atoms with Crippen LogP contribution in [0.25, 0.3) is 0 Å². The zero-order valence-corrected chi connectivity index (χ0v) is 6.34. The number of ketones is 1. The molecule has 0 aromatic rings. The number of unbranched alkanes of at least 4 members (excludes halogenated alkanes) is 1. The number of hydrogen-bond acceptors (Lipinski definition) is 2. The maximum absolute atomic E-state index is 10.5. The average Bonchev–Trinajstić information content (AvgIpc) is 1.98. The van der Waals surface area contributed by atoms with Gasteiger partial charge in [-0.1, -0.05) is 12.2 Å². The monoisotopic (exact) mass is 142 g/mol. The van der Waals surface area contributed by atoms with E-state index >= 15 is 0 Å². The molecule has 2 heteroatoms. The van der Waals surface area contributed by atoms with E-state index in [1.54, 1.807) is 0 Å². The van der Waals surface area contributed by atoms with Crippen LogP contribution < -0.4 is 0 Å². The van der Waals surface area contributed by atoms with Crippen LogP contribution >= 0.6 is 0 Å². The van der Waals surface area contributed by atoms with E-state index in [2.05, 4.69) is 0 Å². The van der Waals surface area contributed by atoms with Crippen molar-refractivity contribution in [2.75, 3.05) is 6.61 Å². The van der Waals surface area contributed by atoms with Crippen molar-refractivity contribution in [1.82, 2.24) is 0 Å². The number of hydrogen-bond donors (Lipinski definition) is 1. The Balaban J connectivity index is 3.11. The predicted octanol–water partition coefficient (Wildman–Crippen LogP) is 1.29. The maximum Gasteiger partial charge on any atom is 0.158 e. The van der Waals surface area contributed by atoms with Gasteiger partial charge in [0.25, 0.3) is 0 Å². The van der Waals surface area contributed by atoms with Gasteiger partial charge in [-0.25, -0.2) is 0 Å². The van der Waals surface area contributed by atoms with Crippen LogP contribution in [-0.4, -0.2) is 17.5 Å². The topological polar surface area (TPSA) is 37.3 Å². The van der Waals surface area contributed by atoms with Crippen molar-refractivity contribution >= 4 is 5.78 Å². The van der Waals surface area contributed by atoms with E-state index in [1.165, 1.54) is 0 Å². The van der Waals surface area contributed by atoms with Crippen molar-refractivity contribution in [1.29, 1.82) is 0 Å². The molecule has 0 aliphatic rings. The molecule has 0 spiro atoms. The van der Waals surface area contributed by atoms with E-state index in [-0.39, 0.29) is 12.4 Å². The zero-order chi connectivity index (χ0) is 7.82. The van der Waals surface area contributed by atoms with Gasteiger partial charge in [0.05, 0.1) is 0 Å². The quantitative estimate of drug-likeness (QED) is 0.464. The van der Waals surface area contributed by atoms with Crippen LogP contribution in [0.15, 0.2) is 12.2 Å². The molecule has 0 aliphatic carbocycles. The lowest BCUT2D eigenvalue weighted by Gasteiger charge is -1.92. The van der Waals surface area contributed by atoms with Crippen molar-refractivity contribution < 1.29 is 9.90 Å². The summed E-state index contributed by atoms with van der Waals surface area (Å²) in [6, 6.07) is 0. The molecule has 58 valence electrons. The molecule has 0 aromatic heterocycles. The second kappa shape index (κ2) is 6.49. The van der Waals surface area contributed by atoms with Crippen molar-refractivity contribution in [3.8, 4) is 0 Å². The van der Waals surface area contributed by atoms with E-state index in [9.17, 15) is 4.79 Å². The lowest BCUT2D eigenvalue weighted by atomic mass is 10.2. The van der Waals surface area contributed by atoms with Crippen LogP contribution in [0.2, 0.25) is 0 Å².